The van der Waals surface area contributed by atoms with Crippen LogP contribution < -0.4 is 65.1 Å². The summed E-state index contributed by atoms with van der Waals surface area (Å²) < 4.78 is 96.7. The Bertz CT molecular complexity index is 2090. The van der Waals surface area contributed by atoms with E-state index < -0.39 is 58.2 Å². The first-order chi connectivity index (χ1) is 31.1. The number of halogens is 6. The first-order valence-electron chi connectivity index (χ1n) is 20.6. The van der Waals surface area contributed by atoms with Crippen molar-refractivity contribution in [1.29, 1.82) is 0 Å². The average molecular weight is 939 g/mol. The highest BCUT2D eigenvalue weighted by Crippen LogP contribution is 2.40. The summed E-state index contributed by atoms with van der Waals surface area (Å²) in [7, 11) is 2.33. The minimum absolute atomic E-state index is 0.00308. The Kier molecular flexibility index (Phi) is 20.3. The molecule has 3 aromatic carbocycles. The lowest BCUT2D eigenvalue weighted by atomic mass is 9.99. The SMILES string of the molecule is COc1cc(OC)c(C(=O)Nc2cc(C(F)(F)F)cc(NC(=O)CCCCN=C(N)N)c2CCCN)cc1C(=O)Nc1cc(C(F)(F)F)cc(NC(=O)CCCCN=C(N)N)c1CCCN. The smallest absolute Gasteiger partial charge is 0.416 e. The van der Waals surface area contributed by atoms with Gasteiger partial charge in [-0.2, -0.15) is 26.3 Å². The molecule has 0 aliphatic rings. The summed E-state index contributed by atoms with van der Waals surface area (Å²) >= 11 is 0. The number of anilines is 4. The Morgan fingerprint density at radius 3 is 1.18 bits per heavy atom. The van der Waals surface area contributed by atoms with E-state index in [2.05, 4.69) is 31.3 Å². The highest BCUT2D eigenvalue weighted by Gasteiger charge is 2.35. The van der Waals surface area contributed by atoms with Gasteiger partial charge >= 0.3 is 12.4 Å². The lowest BCUT2D eigenvalue weighted by molar-refractivity contribution is -0.138. The number of carbonyl (C=O) groups is 4. The second kappa shape index (κ2) is 25.0. The van der Waals surface area contributed by atoms with Crippen LogP contribution in [-0.2, 0) is 34.8 Å². The van der Waals surface area contributed by atoms with E-state index in [0.29, 0.717) is 37.8 Å². The van der Waals surface area contributed by atoms with E-state index in [-0.39, 0.29) is 122 Å². The Morgan fingerprint density at radius 2 is 0.879 bits per heavy atom. The minimum Gasteiger partial charge on any atom is -0.496 e. The quantitative estimate of drug-likeness (QED) is 0.0251. The Labute approximate surface area is 376 Å². The molecule has 16 N–H and O–H groups in total. The van der Waals surface area contributed by atoms with Crippen LogP contribution in [0.1, 0.15) is 94.3 Å². The molecule has 0 unspecified atom stereocenters. The van der Waals surface area contributed by atoms with Crippen LogP contribution in [0, 0.1) is 0 Å². The van der Waals surface area contributed by atoms with Gasteiger partial charge in [-0.05, 0) is 106 Å². The predicted octanol–water partition coefficient (Wildman–Crippen LogP) is 4.79. The van der Waals surface area contributed by atoms with Crippen molar-refractivity contribution in [1.82, 2.24) is 0 Å². The zero-order chi connectivity index (χ0) is 49.2. The Morgan fingerprint density at radius 1 is 0.530 bits per heavy atom. The standard InChI is InChI=1S/C42H56F6N12O6/c1-65-33-22-34(66-2)28(38(64)60-32-20-24(42(46,47)48)18-30(26(32)10-8-14-50)58-36(62)12-4-6-16-56-40(53)54)21-27(33)37(63)59-31-19-23(41(43,44)45)17-29(25(31)9-7-13-49)57-35(61)11-3-5-15-55-39(51)52/h17-22H,3-16,49-50H2,1-2H3,(H,57,61)(H,58,62)(H,59,63)(H,60,64)(H4,51,52,55)(H4,53,54,56). The second-order valence-electron chi connectivity index (χ2n) is 14.7. The number of nitrogens with zero attached hydrogens (tertiary/aromatic N) is 2. The molecule has 0 aliphatic heterocycles. The molecule has 0 aliphatic carbocycles. The largest absolute Gasteiger partial charge is 0.496 e. The van der Waals surface area contributed by atoms with Crippen molar-refractivity contribution in [2.75, 3.05) is 61.7 Å². The summed E-state index contributed by atoms with van der Waals surface area (Å²) in [6.07, 6.45) is -8.26. The minimum atomic E-state index is -4.95. The number of aliphatic imine (C=N–C) groups is 2. The van der Waals surface area contributed by atoms with Crippen LogP contribution in [0.15, 0.2) is 46.4 Å². The number of hydrogen-bond acceptors (Lipinski definition) is 10. The molecule has 3 aromatic rings. The first kappa shape index (κ1) is 53.5. The van der Waals surface area contributed by atoms with Gasteiger partial charge in [0, 0.05) is 54.7 Å². The van der Waals surface area contributed by atoms with Crippen LogP contribution in [0.4, 0.5) is 49.1 Å². The first-order valence-corrected chi connectivity index (χ1v) is 20.6. The lowest BCUT2D eigenvalue weighted by Gasteiger charge is -2.21. The predicted molar refractivity (Wildman–Crippen MR) is 239 cm³/mol. The van der Waals surface area contributed by atoms with Crippen LogP contribution in [0.25, 0.3) is 0 Å². The van der Waals surface area contributed by atoms with Gasteiger partial charge in [0.05, 0.1) is 36.5 Å². The van der Waals surface area contributed by atoms with E-state index in [1.807, 2.05) is 0 Å². The molecule has 0 saturated heterocycles. The normalized spacial score (nSPS) is 11.3. The molecule has 0 spiro atoms. The van der Waals surface area contributed by atoms with Crippen molar-refractivity contribution in [2.45, 2.75) is 76.6 Å². The average Bonchev–Trinajstić information content (AvgIpc) is 3.23. The Balaban J connectivity index is 2.10. The van der Waals surface area contributed by atoms with Crippen LogP contribution in [-0.4, -0.2) is 75.9 Å². The molecule has 66 heavy (non-hydrogen) atoms. The second-order valence-corrected chi connectivity index (χ2v) is 14.7. The van der Waals surface area contributed by atoms with Gasteiger partial charge in [-0.15, -0.1) is 0 Å². The number of alkyl halides is 6. The third-order valence-electron chi connectivity index (χ3n) is 9.68. The Hall–Kier alpha value is -6.82. The molecule has 0 atom stereocenters. The molecule has 3 rings (SSSR count). The molecule has 0 saturated carbocycles. The van der Waals surface area contributed by atoms with Gasteiger partial charge in [0.15, 0.2) is 11.9 Å². The molecule has 362 valence electrons. The van der Waals surface area contributed by atoms with Crippen molar-refractivity contribution in [3.05, 3.63) is 69.8 Å². The van der Waals surface area contributed by atoms with E-state index in [9.17, 15) is 45.5 Å². The summed E-state index contributed by atoms with van der Waals surface area (Å²) in [4.78, 5) is 61.8. The van der Waals surface area contributed by atoms with Gasteiger partial charge in [0.1, 0.15) is 11.5 Å². The summed E-state index contributed by atoms with van der Waals surface area (Å²) in [5.41, 5.74) is 28.5. The number of amides is 4. The number of ether oxygens (including phenoxy) is 2. The molecule has 24 heteroatoms. The third kappa shape index (κ3) is 16.3. The highest BCUT2D eigenvalue weighted by atomic mass is 19.4. The summed E-state index contributed by atoms with van der Waals surface area (Å²) in [6, 6.07) is 4.94. The van der Waals surface area contributed by atoms with Crippen molar-refractivity contribution in [3.63, 3.8) is 0 Å². The maximum Gasteiger partial charge on any atom is 0.416 e. The molecule has 4 amide bonds. The fourth-order valence-corrected chi connectivity index (χ4v) is 6.48. The van der Waals surface area contributed by atoms with E-state index in [1.54, 1.807) is 0 Å². The van der Waals surface area contributed by atoms with Gasteiger partial charge in [-0.1, -0.05) is 0 Å². The maximum absolute atomic E-state index is 14.3. The maximum atomic E-state index is 14.3. The molecule has 0 heterocycles. The monoisotopic (exact) mass is 938 g/mol. The summed E-state index contributed by atoms with van der Waals surface area (Å²) in [5.74, 6) is -4.13. The van der Waals surface area contributed by atoms with E-state index in [4.69, 9.17) is 43.9 Å². The van der Waals surface area contributed by atoms with Gasteiger partial charge in [0.2, 0.25) is 11.8 Å². The zero-order valence-electron chi connectivity index (χ0n) is 36.4. The lowest BCUT2D eigenvalue weighted by Crippen LogP contribution is -2.23. The molecule has 18 nitrogen and oxygen atoms in total. The number of nitrogens with two attached hydrogens (primary N) is 6. The van der Waals surface area contributed by atoms with Crippen LogP contribution >= 0.6 is 0 Å². The number of nitrogens with one attached hydrogen (secondary N) is 4. The number of unbranched alkanes of at least 4 members (excludes halogenated alkanes) is 2. The van der Waals surface area contributed by atoms with Crippen LogP contribution in [0.2, 0.25) is 0 Å². The number of carbonyl (C=O) groups excluding carboxylic acids is 4. The molecular formula is C42H56F6N12O6. The van der Waals surface area contributed by atoms with Crippen molar-refractivity contribution in [2.24, 2.45) is 44.4 Å². The van der Waals surface area contributed by atoms with Gasteiger partial charge in [-0.25, -0.2) is 0 Å². The number of rotatable bonds is 24. The summed E-state index contributed by atoms with van der Waals surface area (Å²) in [5, 5.41) is 9.92. The van der Waals surface area contributed by atoms with E-state index in [0.717, 1.165) is 24.3 Å². The number of methoxy groups -OCH3 is 2. The van der Waals surface area contributed by atoms with Gasteiger partial charge in [-0.3, -0.25) is 29.2 Å². The fraction of sp³-hybridized carbons (Fsp3) is 0.429. The van der Waals surface area contributed by atoms with E-state index in [1.165, 1.54) is 14.2 Å². The van der Waals surface area contributed by atoms with Crippen LogP contribution in [0.3, 0.4) is 0 Å². The zero-order valence-corrected chi connectivity index (χ0v) is 36.4. The number of guanidine groups is 2. The third-order valence-corrected chi connectivity index (χ3v) is 9.68. The van der Waals surface area contributed by atoms with Crippen LogP contribution in [0.5, 0.6) is 11.5 Å². The summed E-state index contributed by atoms with van der Waals surface area (Å²) in [6.45, 7) is 0.629. The van der Waals surface area contributed by atoms with E-state index >= 15 is 0 Å². The molecule has 0 fully saturated rings. The number of benzene rings is 3. The van der Waals surface area contributed by atoms with Crippen molar-refractivity contribution < 1.29 is 55.0 Å². The van der Waals surface area contributed by atoms with Crippen molar-refractivity contribution in [3.8, 4) is 11.5 Å². The van der Waals surface area contributed by atoms with Gasteiger partial charge < -0.3 is 65.1 Å². The number of hydrogen-bond donors (Lipinski definition) is 10. The highest BCUT2D eigenvalue weighted by molar-refractivity contribution is 6.12. The molecule has 0 bridgehead atoms. The molecule has 0 aromatic heterocycles. The molecule has 0 radical (unpaired) electrons. The fourth-order valence-electron chi connectivity index (χ4n) is 6.48. The van der Waals surface area contributed by atoms with Gasteiger partial charge in [0.25, 0.3) is 11.8 Å². The van der Waals surface area contributed by atoms with Crippen molar-refractivity contribution >= 4 is 58.3 Å². The molecular weight excluding hydrogens is 883 g/mol. The topological polar surface area (TPSA) is 316 Å².